The summed E-state index contributed by atoms with van der Waals surface area (Å²) in [4.78, 5) is 27.5. The average Bonchev–Trinajstić information content (AvgIpc) is 2.73. The van der Waals surface area contributed by atoms with E-state index in [0.29, 0.717) is 4.34 Å². The third kappa shape index (κ3) is 3.44. The lowest BCUT2D eigenvalue weighted by atomic mass is 10.3. The van der Waals surface area contributed by atoms with Crippen molar-refractivity contribution in [3.05, 3.63) is 10.6 Å². The Hall–Kier alpha value is -1.08. The first-order valence-electron chi connectivity index (χ1n) is 5.03. The van der Waals surface area contributed by atoms with Crippen LogP contribution in [0.25, 0.3) is 0 Å². The SMILES string of the molecule is CCOC(=O)c1nc(SC)sc1C(=O)OCC. The molecule has 0 amide bonds. The first-order valence-corrected chi connectivity index (χ1v) is 7.07. The molecule has 1 heterocycles. The first kappa shape index (κ1) is 14.0. The van der Waals surface area contributed by atoms with E-state index in [1.54, 1.807) is 13.8 Å². The summed E-state index contributed by atoms with van der Waals surface area (Å²) >= 11 is 2.50. The first-order chi connectivity index (χ1) is 8.13. The monoisotopic (exact) mass is 275 g/mol. The van der Waals surface area contributed by atoms with Gasteiger partial charge in [0.15, 0.2) is 10.0 Å². The lowest BCUT2D eigenvalue weighted by Crippen LogP contribution is -2.12. The molecular weight excluding hydrogens is 262 g/mol. The fourth-order valence-electron chi connectivity index (χ4n) is 1.06. The molecule has 0 N–H and O–H groups in total. The van der Waals surface area contributed by atoms with Gasteiger partial charge >= 0.3 is 11.9 Å². The zero-order valence-corrected chi connectivity index (χ0v) is 11.4. The second-order valence-electron chi connectivity index (χ2n) is 2.80. The number of aromatic nitrogens is 1. The van der Waals surface area contributed by atoms with E-state index >= 15 is 0 Å². The highest BCUT2D eigenvalue weighted by Crippen LogP contribution is 2.27. The molecule has 0 aromatic carbocycles. The molecule has 7 heteroatoms. The molecule has 0 spiro atoms. The van der Waals surface area contributed by atoms with Gasteiger partial charge in [-0.2, -0.15) is 0 Å². The molecule has 0 bridgehead atoms. The van der Waals surface area contributed by atoms with Crippen LogP contribution in [-0.2, 0) is 9.47 Å². The molecule has 1 aromatic rings. The Morgan fingerprint density at radius 2 is 1.82 bits per heavy atom. The summed E-state index contributed by atoms with van der Waals surface area (Å²) in [5.74, 6) is -1.12. The van der Waals surface area contributed by atoms with Gasteiger partial charge in [-0.25, -0.2) is 14.6 Å². The highest BCUT2D eigenvalue weighted by molar-refractivity contribution is 8.00. The Kier molecular flexibility index (Phi) is 5.43. The Morgan fingerprint density at radius 1 is 1.24 bits per heavy atom. The summed E-state index contributed by atoms with van der Waals surface area (Å²) in [5, 5.41) is 0. The van der Waals surface area contributed by atoms with Crippen molar-refractivity contribution in [2.45, 2.75) is 18.2 Å². The van der Waals surface area contributed by atoms with Crippen LogP contribution in [0.4, 0.5) is 0 Å². The van der Waals surface area contributed by atoms with Crippen LogP contribution in [0.2, 0.25) is 0 Å². The topological polar surface area (TPSA) is 65.5 Å². The Bertz CT molecular complexity index is 381. The number of carbonyl (C=O) groups excluding carboxylic acids is 2. The quantitative estimate of drug-likeness (QED) is 0.606. The number of thioether (sulfide) groups is 1. The maximum absolute atomic E-state index is 11.6. The summed E-state index contributed by atoms with van der Waals surface area (Å²) in [5.41, 5.74) is 0.0413. The fourth-order valence-corrected chi connectivity index (χ4v) is 2.51. The van der Waals surface area contributed by atoms with Gasteiger partial charge < -0.3 is 9.47 Å². The summed E-state index contributed by atoms with van der Waals surface area (Å²) in [7, 11) is 0. The van der Waals surface area contributed by atoms with Crippen LogP contribution >= 0.6 is 23.1 Å². The molecule has 0 atom stereocenters. The number of thiazole rings is 1. The Balaban J connectivity index is 3.05. The summed E-state index contributed by atoms with van der Waals surface area (Å²) in [6.07, 6.45) is 1.82. The highest BCUT2D eigenvalue weighted by Gasteiger charge is 2.25. The largest absolute Gasteiger partial charge is 0.462 e. The molecular formula is C10H13NO4S2. The molecule has 17 heavy (non-hydrogen) atoms. The van der Waals surface area contributed by atoms with Crippen LogP contribution in [0, 0.1) is 0 Å². The van der Waals surface area contributed by atoms with E-state index in [4.69, 9.17) is 9.47 Å². The van der Waals surface area contributed by atoms with E-state index < -0.39 is 11.9 Å². The van der Waals surface area contributed by atoms with E-state index in [9.17, 15) is 9.59 Å². The maximum Gasteiger partial charge on any atom is 0.358 e. The van der Waals surface area contributed by atoms with Crippen LogP contribution in [0.15, 0.2) is 4.34 Å². The van der Waals surface area contributed by atoms with E-state index in [1.807, 2.05) is 6.26 Å². The molecule has 0 unspecified atom stereocenters. The van der Waals surface area contributed by atoms with Crippen LogP contribution in [0.5, 0.6) is 0 Å². The lowest BCUT2D eigenvalue weighted by Gasteiger charge is -2.01. The third-order valence-electron chi connectivity index (χ3n) is 1.71. The Labute approximate surface area is 108 Å². The number of rotatable bonds is 5. The molecule has 0 saturated heterocycles. The standard InChI is InChI=1S/C10H13NO4S2/c1-4-14-8(12)6-7(9(13)15-5-2)17-10(11-6)16-3/h4-5H2,1-3H3. The van der Waals surface area contributed by atoms with Crippen LogP contribution in [-0.4, -0.2) is 36.4 Å². The minimum absolute atomic E-state index is 0.0413. The molecule has 0 saturated carbocycles. The minimum atomic E-state index is -0.591. The highest BCUT2D eigenvalue weighted by atomic mass is 32.2. The van der Waals surface area contributed by atoms with Crippen molar-refractivity contribution >= 4 is 35.0 Å². The van der Waals surface area contributed by atoms with E-state index in [2.05, 4.69) is 4.98 Å². The van der Waals surface area contributed by atoms with Gasteiger partial charge in [0.2, 0.25) is 0 Å². The van der Waals surface area contributed by atoms with Gasteiger partial charge in [0.05, 0.1) is 13.2 Å². The molecule has 1 rings (SSSR count). The van der Waals surface area contributed by atoms with Crippen molar-refractivity contribution in [1.29, 1.82) is 0 Å². The summed E-state index contributed by atoms with van der Waals surface area (Å²) < 4.78 is 10.3. The molecule has 0 aliphatic carbocycles. The van der Waals surface area contributed by atoms with E-state index in [1.165, 1.54) is 11.8 Å². The number of hydrogen-bond acceptors (Lipinski definition) is 7. The normalized spacial score (nSPS) is 10.1. The second kappa shape index (κ2) is 6.61. The molecule has 94 valence electrons. The zero-order chi connectivity index (χ0) is 12.8. The second-order valence-corrected chi connectivity index (χ2v) is 4.86. The van der Waals surface area contributed by atoms with Gasteiger partial charge in [-0.15, -0.1) is 0 Å². The fraction of sp³-hybridized carbons (Fsp3) is 0.500. The molecule has 5 nitrogen and oxygen atoms in total. The molecule has 0 aliphatic heterocycles. The Morgan fingerprint density at radius 3 is 2.35 bits per heavy atom. The van der Waals surface area contributed by atoms with Crippen molar-refractivity contribution in [3.63, 3.8) is 0 Å². The van der Waals surface area contributed by atoms with Gasteiger partial charge in [0.25, 0.3) is 0 Å². The van der Waals surface area contributed by atoms with Gasteiger partial charge in [0.1, 0.15) is 4.88 Å². The van der Waals surface area contributed by atoms with Gasteiger partial charge in [-0.3, -0.25) is 0 Å². The number of carbonyl (C=O) groups is 2. The van der Waals surface area contributed by atoms with Crippen molar-refractivity contribution in [2.24, 2.45) is 0 Å². The predicted molar refractivity (Wildman–Crippen MR) is 65.8 cm³/mol. The molecule has 0 fully saturated rings. The number of hydrogen-bond donors (Lipinski definition) is 0. The van der Waals surface area contributed by atoms with E-state index in [-0.39, 0.29) is 23.8 Å². The maximum atomic E-state index is 11.6. The van der Waals surface area contributed by atoms with Crippen LogP contribution in [0.1, 0.15) is 34.0 Å². The van der Waals surface area contributed by atoms with Crippen molar-refractivity contribution in [2.75, 3.05) is 19.5 Å². The molecule has 1 aromatic heterocycles. The van der Waals surface area contributed by atoms with Gasteiger partial charge in [-0.1, -0.05) is 23.1 Å². The molecule has 0 radical (unpaired) electrons. The van der Waals surface area contributed by atoms with Crippen LogP contribution < -0.4 is 0 Å². The average molecular weight is 275 g/mol. The van der Waals surface area contributed by atoms with E-state index in [0.717, 1.165) is 11.3 Å². The van der Waals surface area contributed by atoms with Crippen molar-refractivity contribution in [1.82, 2.24) is 4.98 Å². The number of esters is 2. The summed E-state index contributed by atoms with van der Waals surface area (Å²) in [6, 6.07) is 0. The number of ether oxygens (including phenoxy) is 2. The minimum Gasteiger partial charge on any atom is -0.462 e. The van der Waals surface area contributed by atoms with Crippen molar-refractivity contribution in [3.8, 4) is 0 Å². The smallest absolute Gasteiger partial charge is 0.358 e. The van der Waals surface area contributed by atoms with Crippen LogP contribution in [0.3, 0.4) is 0 Å². The number of nitrogens with zero attached hydrogens (tertiary/aromatic N) is 1. The van der Waals surface area contributed by atoms with Crippen molar-refractivity contribution < 1.29 is 19.1 Å². The predicted octanol–water partition coefficient (Wildman–Crippen LogP) is 2.22. The lowest BCUT2D eigenvalue weighted by molar-refractivity contribution is 0.0478. The van der Waals surface area contributed by atoms with Gasteiger partial charge in [-0.05, 0) is 20.1 Å². The summed E-state index contributed by atoms with van der Waals surface area (Å²) in [6.45, 7) is 3.91. The zero-order valence-electron chi connectivity index (χ0n) is 9.81. The molecule has 0 aliphatic rings. The van der Waals surface area contributed by atoms with Gasteiger partial charge in [0, 0.05) is 0 Å². The third-order valence-corrected chi connectivity index (χ3v) is 3.73.